The number of hydrogen-bond acceptors (Lipinski definition) is 8. The highest BCUT2D eigenvalue weighted by atomic mass is 16.5. The molecular weight excluding hydrogens is 444 g/mol. The molecule has 1 aromatic heterocycles. The van der Waals surface area contributed by atoms with E-state index in [1.165, 1.54) is 5.56 Å². The first-order chi connectivity index (χ1) is 17.0. The Hall–Kier alpha value is -2.59. The quantitative estimate of drug-likeness (QED) is 0.496. The molecule has 9 nitrogen and oxygen atoms in total. The van der Waals surface area contributed by atoms with Crippen LogP contribution in [0.2, 0.25) is 0 Å². The molecule has 2 aromatic rings. The van der Waals surface area contributed by atoms with Gasteiger partial charge < -0.3 is 20.1 Å². The molecule has 0 radical (unpaired) electrons. The Balaban J connectivity index is 1.28. The smallest absolute Gasteiger partial charge is 0.251 e. The van der Waals surface area contributed by atoms with Crippen LogP contribution in [0.3, 0.4) is 0 Å². The Morgan fingerprint density at radius 1 is 1.14 bits per heavy atom. The molecule has 4 unspecified atom stereocenters. The molecule has 9 heteroatoms. The highest BCUT2D eigenvalue weighted by molar-refractivity contribution is 5.94. The molecule has 35 heavy (non-hydrogen) atoms. The highest BCUT2D eigenvalue weighted by Gasteiger charge is 2.42. The van der Waals surface area contributed by atoms with E-state index in [1.54, 1.807) is 6.33 Å². The van der Waals surface area contributed by atoms with Crippen LogP contribution in [0.25, 0.3) is 0 Å². The molecule has 0 bridgehead atoms. The van der Waals surface area contributed by atoms with E-state index in [9.17, 15) is 4.79 Å². The van der Waals surface area contributed by atoms with Gasteiger partial charge in [0.1, 0.15) is 12.1 Å². The molecule has 0 spiro atoms. The lowest BCUT2D eigenvalue weighted by atomic mass is 9.73. The maximum atomic E-state index is 12.2. The first kappa shape index (κ1) is 24.1. The largest absolute Gasteiger partial charge is 0.395 e. The van der Waals surface area contributed by atoms with Crippen LogP contribution in [-0.4, -0.2) is 65.5 Å². The van der Waals surface area contributed by atoms with E-state index in [2.05, 4.69) is 63.1 Å². The Labute approximate surface area is 206 Å². The van der Waals surface area contributed by atoms with Crippen molar-refractivity contribution in [1.82, 2.24) is 26.1 Å². The number of aliphatic hydroxyl groups excluding tert-OH is 1. The van der Waals surface area contributed by atoms with Gasteiger partial charge in [-0.05, 0) is 62.6 Å². The summed E-state index contributed by atoms with van der Waals surface area (Å²) in [6.07, 6.45) is 5.30. The molecular formula is C26H36N6O3. The van der Waals surface area contributed by atoms with Gasteiger partial charge in [0.25, 0.3) is 5.91 Å². The molecule has 188 valence electrons. The average Bonchev–Trinajstić information content (AvgIpc) is 3.30. The minimum atomic E-state index is -0.151. The van der Waals surface area contributed by atoms with Crippen LogP contribution < -0.4 is 21.1 Å². The van der Waals surface area contributed by atoms with Crippen LogP contribution in [-0.2, 0) is 4.74 Å². The number of morpholine rings is 1. The number of hydrogen-bond donors (Lipinski definition) is 4. The number of carbonyl (C=O) groups excluding carboxylic acids is 1. The topological polar surface area (TPSA) is 112 Å². The van der Waals surface area contributed by atoms with Crippen molar-refractivity contribution in [3.63, 3.8) is 0 Å². The third kappa shape index (κ3) is 5.33. The molecule has 1 aromatic carbocycles. The molecule has 4 N–H and O–H groups in total. The monoisotopic (exact) mass is 480 g/mol. The van der Waals surface area contributed by atoms with Crippen LogP contribution >= 0.6 is 0 Å². The van der Waals surface area contributed by atoms with Gasteiger partial charge in [0.05, 0.1) is 30.6 Å². The van der Waals surface area contributed by atoms with Gasteiger partial charge in [-0.1, -0.05) is 12.1 Å². The predicted molar refractivity (Wildman–Crippen MR) is 133 cm³/mol. The molecule has 2 aliphatic heterocycles. The third-order valence-electron chi connectivity index (χ3n) is 7.53. The minimum Gasteiger partial charge on any atom is -0.395 e. The van der Waals surface area contributed by atoms with E-state index in [4.69, 9.17) is 9.84 Å². The van der Waals surface area contributed by atoms with Gasteiger partial charge in [0.2, 0.25) is 0 Å². The number of nitrogens with zero attached hydrogens (tertiary/aromatic N) is 3. The van der Waals surface area contributed by atoms with Crippen LogP contribution in [0.15, 0.2) is 36.7 Å². The van der Waals surface area contributed by atoms with Crippen LogP contribution in [0.1, 0.15) is 66.7 Å². The Morgan fingerprint density at radius 2 is 1.91 bits per heavy atom. The normalized spacial score (nSPS) is 30.7. The van der Waals surface area contributed by atoms with Gasteiger partial charge in [0, 0.05) is 37.3 Å². The number of hydrazine groups is 1. The summed E-state index contributed by atoms with van der Waals surface area (Å²) in [5.41, 5.74) is 9.96. The van der Waals surface area contributed by atoms with Crippen molar-refractivity contribution in [1.29, 1.82) is 0 Å². The summed E-state index contributed by atoms with van der Waals surface area (Å²) in [6.45, 7) is 6.08. The summed E-state index contributed by atoms with van der Waals surface area (Å²) in [6, 6.07) is 10.6. The summed E-state index contributed by atoms with van der Waals surface area (Å²) >= 11 is 0. The maximum absolute atomic E-state index is 12.2. The van der Waals surface area contributed by atoms with Crippen molar-refractivity contribution in [2.24, 2.45) is 5.92 Å². The lowest BCUT2D eigenvalue weighted by Crippen LogP contribution is -2.46. The molecule has 1 saturated carbocycles. The fourth-order valence-electron chi connectivity index (χ4n) is 5.90. The molecule has 3 heterocycles. The standard InChI is InChI=1S/C26H36N6O3/c1-16-13-32(14-17(2)35-16)24-12-23(28-15-29-24)25-21-11-20(7-8-22(21)30-31-25)18-3-5-19(6-4-18)26(34)27-9-10-33/h3-6,12,15-17,20-22,25,30-31,33H,7-11,13-14H2,1-2H3,(H,27,34)/t16-,17+,20?,21?,22?,25?. The van der Waals surface area contributed by atoms with E-state index >= 15 is 0 Å². The summed E-state index contributed by atoms with van der Waals surface area (Å²) in [5.74, 6) is 1.68. The van der Waals surface area contributed by atoms with Gasteiger partial charge in [-0.25, -0.2) is 15.4 Å². The number of fused-ring (bicyclic) bond motifs is 1. The third-order valence-corrected chi connectivity index (χ3v) is 7.53. The second kappa shape index (κ2) is 10.6. The van der Waals surface area contributed by atoms with Crippen LogP contribution in [0.4, 0.5) is 5.82 Å². The number of nitrogens with one attached hydrogen (secondary N) is 3. The van der Waals surface area contributed by atoms with E-state index < -0.39 is 0 Å². The maximum Gasteiger partial charge on any atom is 0.251 e. The zero-order valence-corrected chi connectivity index (χ0v) is 20.5. The molecule has 3 fully saturated rings. The molecule has 2 saturated heterocycles. The van der Waals surface area contributed by atoms with Gasteiger partial charge >= 0.3 is 0 Å². The van der Waals surface area contributed by atoms with Gasteiger partial charge in [-0.15, -0.1) is 0 Å². The number of carbonyl (C=O) groups is 1. The SMILES string of the molecule is C[C@@H]1CN(c2cc(C3NNC4CCC(c5ccc(C(=O)NCCO)cc5)CC43)ncn2)C[C@H](C)O1. The molecule has 3 aliphatic rings. The number of aromatic nitrogens is 2. The summed E-state index contributed by atoms with van der Waals surface area (Å²) in [5, 5.41) is 11.6. The summed E-state index contributed by atoms with van der Waals surface area (Å²) < 4.78 is 5.89. The summed E-state index contributed by atoms with van der Waals surface area (Å²) in [7, 11) is 0. The number of rotatable bonds is 6. The number of benzene rings is 1. The van der Waals surface area contributed by atoms with Crippen molar-refractivity contribution in [2.45, 2.75) is 63.3 Å². The first-order valence-corrected chi connectivity index (χ1v) is 12.7. The lowest BCUT2D eigenvalue weighted by molar-refractivity contribution is -0.00547. The number of amides is 1. The highest BCUT2D eigenvalue weighted by Crippen LogP contribution is 2.44. The zero-order chi connectivity index (χ0) is 24.4. The van der Waals surface area contributed by atoms with Crippen LogP contribution in [0.5, 0.6) is 0 Å². The Morgan fingerprint density at radius 3 is 2.66 bits per heavy atom. The summed E-state index contributed by atoms with van der Waals surface area (Å²) in [4.78, 5) is 23.7. The molecule has 1 aliphatic carbocycles. The minimum absolute atomic E-state index is 0.0593. The van der Waals surface area contributed by atoms with E-state index in [1.807, 2.05) is 12.1 Å². The second-order valence-electron chi connectivity index (χ2n) is 10.1. The van der Waals surface area contributed by atoms with Gasteiger partial charge in [-0.2, -0.15) is 0 Å². The number of ether oxygens (including phenoxy) is 1. The Kier molecular flexibility index (Phi) is 7.29. The van der Waals surface area contributed by atoms with Crippen molar-refractivity contribution >= 4 is 11.7 Å². The number of anilines is 1. The predicted octanol–water partition coefficient (Wildman–Crippen LogP) is 1.91. The van der Waals surface area contributed by atoms with E-state index in [0.29, 0.717) is 23.4 Å². The average molecular weight is 481 g/mol. The lowest BCUT2D eigenvalue weighted by Gasteiger charge is -2.36. The second-order valence-corrected chi connectivity index (χ2v) is 10.1. The fourth-order valence-corrected chi connectivity index (χ4v) is 5.90. The van der Waals surface area contributed by atoms with Crippen molar-refractivity contribution in [3.05, 3.63) is 53.5 Å². The molecule has 1 amide bonds. The number of aliphatic hydroxyl groups is 1. The van der Waals surface area contributed by atoms with Crippen molar-refractivity contribution in [2.75, 3.05) is 31.1 Å². The van der Waals surface area contributed by atoms with E-state index in [-0.39, 0.29) is 37.3 Å². The molecule has 6 atom stereocenters. The van der Waals surface area contributed by atoms with Gasteiger partial charge in [-0.3, -0.25) is 10.2 Å². The van der Waals surface area contributed by atoms with Crippen molar-refractivity contribution in [3.8, 4) is 0 Å². The zero-order valence-electron chi connectivity index (χ0n) is 20.5. The van der Waals surface area contributed by atoms with Gasteiger partial charge in [0.15, 0.2) is 0 Å². The van der Waals surface area contributed by atoms with Crippen molar-refractivity contribution < 1.29 is 14.6 Å². The fraction of sp³-hybridized carbons (Fsp3) is 0.577. The first-order valence-electron chi connectivity index (χ1n) is 12.7. The molecule has 5 rings (SSSR count). The van der Waals surface area contributed by atoms with E-state index in [0.717, 1.165) is 43.9 Å². The Bertz CT molecular complexity index is 1010. The van der Waals surface area contributed by atoms with Crippen LogP contribution in [0, 0.1) is 5.92 Å².